The molecule has 1 aromatic carbocycles. The fourth-order valence-electron chi connectivity index (χ4n) is 3.31. The first-order chi connectivity index (χ1) is 12.8. The Labute approximate surface area is 165 Å². The maximum atomic E-state index is 11.5. The first-order valence-corrected chi connectivity index (χ1v) is 10.3. The smallest absolute Gasteiger partial charge is 0.221 e. The third-order valence-electron chi connectivity index (χ3n) is 4.85. The number of hydrogen-bond acceptors (Lipinski definition) is 6. The number of rotatable bonds is 6. The molecule has 0 aliphatic carbocycles. The Morgan fingerprint density at radius 2 is 2.15 bits per heavy atom. The first-order valence-electron chi connectivity index (χ1n) is 9.49. The van der Waals surface area contributed by atoms with Crippen molar-refractivity contribution in [1.29, 1.82) is 0 Å². The Balaban J connectivity index is 1.57. The SMILES string of the molecule is CC(C)(C)c1nsc(NCc2cccc(CN3CCCC(C(N)=O)C3)c2)n1. The van der Waals surface area contributed by atoms with Crippen molar-refractivity contribution >= 4 is 22.6 Å². The second-order valence-electron chi connectivity index (χ2n) is 8.32. The second kappa shape index (κ2) is 8.35. The summed E-state index contributed by atoms with van der Waals surface area (Å²) in [5.41, 5.74) is 7.92. The van der Waals surface area contributed by atoms with Crippen molar-refractivity contribution in [3.8, 4) is 0 Å². The number of aromatic nitrogens is 2. The van der Waals surface area contributed by atoms with Crippen molar-refractivity contribution in [2.75, 3.05) is 18.4 Å². The summed E-state index contributed by atoms with van der Waals surface area (Å²) in [6.07, 6.45) is 1.94. The van der Waals surface area contributed by atoms with Gasteiger partial charge in [-0.3, -0.25) is 9.69 Å². The molecule has 1 unspecified atom stereocenters. The Hall–Kier alpha value is -1.99. The van der Waals surface area contributed by atoms with E-state index in [0.29, 0.717) is 0 Å². The third kappa shape index (κ3) is 5.49. The van der Waals surface area contributed by atoms with E-state index in [4.69, 9.17) is 5.73 Å². The first kappa shape index (κ1) is 19.8. The monoisotopic (exact) mass is 387 g/mol. The van der Waals surface area contributed by atoms with Crippen LogP contribution in [0.1, 0.15) is 50.6 Å². The van der Waals surface area contributed by atoms with Gasteiger partial charge in [-0.2, -0.15) is 4.37 Å². The van der Waals surface area contributed by atoms with Crippen LogP contribution in [0.3, 0.4) is 0 Å². The number of benzene rings is 1. The number of nitrogens with zero attached hydrogens (tertiary/aromatic N) is 3. The lowest BCUT2D eigenvalue weighted by Gasteiger charge is -2.31. The van der Waals surface area contributed by atoms with Crippen LogP contribution in [0.2, 0.25) is 0 Å². The van der Waals surface area contributed by atoms with Gasteiger partial charge in [-0.1, -0.05) is 45.0 Å². The van der Waals surface area contributed by atoms with Gasteiger partial charge in [-0.25, -0.2) is 4.98 Å². The molecule has 2 heterocycles. The van der Waals surface area contributed by atoms with Crippen LogP contribution in [0.25, 0.3) is 0 Å². The molecule has 2 aromatic rings. The molecule has 1 atom stereocenters. The molecule has 7 heteroatoms. The number of primary amides is 1. The standard InChI is InChI=1S/C20H29N5OS/c1-20(2,3)18-23-19(27-24-18)22-11-14-6-4-7-15(10-14)12-25-9-5-8-16(13-25)17(21)26/h4,6-7,10,16H,5,8-9,11-13H2,1-3H3,(H2,21,26)(H,22,23,24). The number of likely N-dealkylation sites (tertiary alicyclic amines) is 1. The summed E-state index contributed by atoms with van der Waals surface area (Å²) in [6, 6.07) is 8.56. The minimum Gasteiger partial charge on any atom is -0.369 e. The highest BCUT2D eigenvalue weighted by molar-refractivity contribution is 7.09. The quantitative estimate of drug-likeness (QED) is 0.795. The Morgan fingerprint density at radius 1 is 1.37 bits per heavy atom. The molecular weight excluding hydrogens is 358 g/mol. The van der Waals surface area contributed by atoms with Crippen LogP contribution in [-0.2, 0) is 23.3 Å². The zero-order valence-electron chi connectivity index (χ0n) is 16.4. The fourth-order valence-corrected chi connectivity index (χ4v) is 4.06. The molecule has 1 aliphatic heterocycles. The van der Waals surface area contributed by atoms with E-state index < -0.39 is 0 Å². The van der Waals surface area contributed by atoms with E-state index in [2.05, 4.69) is 64.6 Å². The van der Waals surface area contributed by atoms with Crippen molar-refractivity contribution < 1.29 is 4.79 Å². The molecule has 0 bridgehead atoms. The van der Waals surface area contributed by atoms with Gasteiger partial charge < -0.3 is 11.1 Å². The number of carbonyl (C=O) groups is 1. The molecule has 146 valence electrons. The van der Waals surface area contributed by atoms with E-state index in [1.807, 2.05) is 0 Å². The van der Waals surface area contributed by atoms with E-state index in [1.54, 1.807) is 0 Å². The second-order valence-corrected chi connectivity index (χ2v) is 9.08. The van der Waals surface area contributed by atoms with Crippen molar-refractivity contribution in [3.05, 3.63) is 41.2 Å². The molecule has 3 N–H and O–H groups in total. The zero-order chi connectivity index (χ0) is 19.4. The van der Waals surface area contributed by atoms with E-state index in [-0.39, 0.29) is 17.2 Å². The maximum Gasteiger partial charge on any atom is 0.221 e. The molecule has 27 heavy (non-hydrogen) atoms. The van der Waals surface area contributed by atoms with Crippen molar-refractivity contribution in [2.45, 2.75) is 52.1 Å². The van der Waals surface area contributed by atoms with Crippen LogP contribution in [0.15, 0.2) is 24.3 Å². The number of hydrogen-bond donors (Lipinski definition) is 2. The number of anilines is 1. The summed E-state index contributed by atoms with van der Waals surface area (Å²) in [5.74, 6) is 0.681. The number of carbonyl (C=O) groups excluding carboxylic acids is 1. The fraction of sp³-hybridized carbons (Fsp3) is 0.550. The lowest BCUT2D eigenvalue weighted by molar-refractivity contribution is -0.123. The molecular formula is C20H29N5OS. The van der Waals surface area contributed by atoms with E-state index in [1.165, 1.54) is 22.7 Å². The van der Waals surface area contributed by atoms with E-state index in [0.717, 1.165) is 50.0 Å². The summed E-state index contributed by atoms with van der Waals surface area (Å²) < 4.78 is 4.44. The molecule has 0 radical (unpaired) electrons. The van der Waals surface area contributed by atoms with Gasteiger partial charge in [-0.05, 0) is 30.5 Å². The number of nitrogens with one attached hydrogen (secondary N) is 1. The predicted octanol–water partition coefficient (Wildman–Crippen LogP) is 3.15. The van der Waals surface area contributed by atoms with Crippen molar-refractivity contribution in [2.24, 2.45) is 11.7 Å². The zero-order valence-corrected chi connectivity index (χ0v) is 17.2. The molecule has 0 saturated carbocycles. The lowest BCUT2D eigenvalue weighted by Crippen LogP contribution is -2.40. The number of nitrogens with two attached hydrogens (primary N) is 1. The van der Waals surface area contributed by atoms with Gasteiger partial charge in [0.2, 0.25) is 11.0 Å². The summed E-state index contributed by atoms with van der Waals surface area (Å²) in [6.45, 7) is 9.70. The van der Waals surface area contributed by atoms with Crippen LogP contribution in [0, 0.1) is 5.92 Å². The van der Waals surface area contributed by atoms with Crippen molar-refractivity contribution in [3.63, 3.8) is 0 Å². The van der Waals surface area contributed by atoms with Gasteiger partial charge in [-0.15, -0.1) is 0 Å². The van der Waals surface area contributed by atoms with Gasteiger partial charge in [0, 0.05) is 36.6 Å². The van der Waals surface area contributed by atoms with Gasteiger partial charge in [0.1, 0.15) is 5.82 Å². The summed E-state index contributed by atoms with van der Waals surface area (Å²) in [5, 5.41) is 4.23. The van der Waals surface area contributed by atoms with Gasteiger partial charge in [0.05, 0.1) is 5.92 Å². The Bertz CT molecular complexity index is 783. The molecule has 1 amide bonds. The van der Waals surface area contributed by atoms with Gasteiger partial charge in [0.15, 0.2) is 0 Å². The van der Waals surface area contributed by atoms with E-state index in [9.17, 15) is 4.79 Å². The van der Waals surface area contributed by atoms with Crippen LogP contribution >= 0.6 is 11.5 Å². The molecule has 1 fully saturated rings. The average Bonchev–Trinajstić information content (AvgIpc) is 3.10. The summed E-state index contributed by atoms with van der Waals surface area (Å²) in [4.78, 5) is 18.4. The molecule has 3 rings (SSSR count). The van der Waals surface area contributed by atoms with Crippen LogP contribution in [0.5, 0.6) is 0 Å². The van der Waals surface area contributed by atoms with E-state index >= 15 is 0 Å². The summed E-state index contributed by atoms with van der Waals surface area (Å²) in [7, 11) is 0. The minimum atomic E-state index is -0.177. The molecule has 6 nitrogen and oxygen atoms in total. The topological polar surface area (TPSA) is 84.1 Å². The Morgan fingerprint density at radius 3 is 2.85 bits per heavy atom. The lowest BCUT2D eigenvalue weighted by atomic mass is 9.96. The number of piperidine rings is 1. The van der Waals surface area contributed by atoms with Gasteiger partial charge >= 0.3 is 0 Å². The highest BCUT2D eigenvalue weighted by Gasteiger charge is 2.24. The largest absolute Gasteiger partial charge is 0.369 e. The molecule has 1 aliphatic rings. The number of amides is 1. The maximum absolute atomic E-state index is 11.5. The van der Waals surface area contributed by atoms with Crippen molar-refractivity contribution in [1.82, 2.24) is 14.3 Å². The highest BCUT2D eigenvalue weighted by atomic mass is 32.1. The van der Waals surface area contributed by atoms with Crippen LogP contribution in [-0.4, -0.2) is 33.3 Å². The normalized spacial score (nSPS) is 18.4. The average molecular weight is 388 g/mol. The molecule has 0 spiro atoms. The minimum absolute atomic E-state index is 0.0157. The third-order valence-corrected chi connectivity index (χ3v) is 5.52. The van der Waals surface area contributed by atoms with Crippen LogP contribution in [0.4, 0.5) is 5.13 Å². The summed E-state index contributed by atoms with van der Waals surface area (Å²) >= 11 is 1.41. The molecule has 1 saturated heterocycles. The Kier molecular flexibility index (Phi) is 6.11. The molecule has 1 aromatic heterocycles. The van der Waals surface area contributed by atoms with Gasteiger partial charge in [0.25, 0.3) is 0 Å². The highest BCUT2D eigenvalue weighted by Crippen LogP contribution is 2.23. The predicted molar refractivity (Wildman–Crippen MR) is 110 cm³/mol. The van der Waals surface area contributed by atoms with Crippen LogP contribution < -0.4 is 11.1 Å².